The van der Waals surface area contributed by atoms with E-state index in [9.17, 15) is 4.79 Å². The van der Waals surface area contributed by atoms with Gasteiger partial charge in [0.2, 0.25) is 0 Å². The van der Waals surface area contributed by atoms with Crippen molar-refractivity contribution in [3.63, 3.8) is 0 Å². The van der Waals surface area contributed by atoms with Gasteiger partial charge in [0.15, 0.2) is 0 Å². The van der Waals surface area contributed by atoms with E-state index in [0.29, 0.717) is 11.0 Å². The summed E-state index contributed by atoms with van der Waals surface area (Å²) >= 11 is 3.34. The quantitative estimate of drug-likeness (QED) is 0.777. The van der Waals surface area contributed by atoms with Crippen molar-refractivity contribution < 1.29 is 0 Å². The van der Waals surface area contributed by atoms with Gasteiger partial charge in [0.05, 0.1) is 18.4 Å². The predicted octanol–water partition coefficient (Wildman–Crippen LogP) is 1.94. The second-order valence-corrected chi connectivity index (χ2v) is 5.57. The normalized spacial score (nSPS) is 12.5. The Morgan fingerprint density at radius 3 is 2.89 bits per heavy atom. The van der Waals surface area contributed by atoms with E-state index < -0.39 is 0 Å². The standard InChI is InChI=1S/C13H21BrN4O/c1-5-6-10(2)16-11-9-15-18(8-7-17(3)4)13(19)12(11)14/h5,9-10,16H,1,6-8H2,2-4H3. The van der Waals surface area contributed by atoms with Crippen LogP contribution in [0.25, 0.3) is 0 Å². The maximum Gasteiger partial charge on any atom is 0.283 e. The molecular formula is C13H21BrN4O. The average Bonchev–Trinajstić information content (AvgIpc) is 2.34. The number of aromatic nitrogens is 2. The lowest BCUT2D eigenvalue weighted by molar-refractivity contribution is 0.367. The average molecular weight is 329 g/mol. The van der Waals surface area contributed by atoms with E-state index in [-0.39, 0.29) is 11.6 Å². The van der Waals surface area contributed by atoms with E-state index in [0.717, 1.165) is 18.7 Å². The van der Waals surface area contributed by atoms with Gasteiger partial charge in [0.25, 0.3) is 5.56 Å². The van der Waals surface area contributed by atoms with Crippen LogP contribution in [0.1, 0.15) is 13.3 Å². The fourth-order valence-corrected chi connectivity index (χ4v) is 2.02. The van der Waals surface area contributed by atoms with Crippen molar-refractivity contribution >= 4 is 21.6 Å². The molecule has 106 valence electrons. The second kappa shape index (κ2) is 7.45. The highest BCUT2D eigenvalue weighted by atomic mass is 79.9. The molecule has 5 nitrogen and oxygen atoms in total. The smallest absolute Gasteiger partial charge is 0.283 e. The van der Waals surface area contributed by atoms with Gasteiger partial charge in [-0.25, -0.2) is 4.68 Å². The van der Waals surface area contributed by atoms with E-state index in [4.69, 9.17) is 0 Å². The Morgan fingerprint density at radius 1 is 1.63 bits per heavy atom. The highest BCUT2D eigenvalue weighted by Gasteiger charge is 2.10. The molecule has 0 amide bonds. The minimum absolute atomic E-state index is 0.113. The molecule has 1 aromatic rings. The molecule has 6 heteroatoms. The molecular weight excluding hydrogens is 308 g/mol. The van der Waals surface area contributed by atoms with E-state index in [1.54, 1.807) is 6.20 Å². The number of nitrogens with zero attached hydrogens (tertiary/aromatic N) is 3. The zero-order valence-electron chi connectivity index (χ0n) is 11.7. The summed E-state index contributed by atoms with van der Waals surface area (Å²) in [5.74, 6) is 0. The molecule has 1 rings (SSSR count). The lowest BCUT2D eigenvalue weighted by atomic mass is 10.2. The Balaban J connectivity index is 2.85. The summed E-state index contributed by atoms with van der Waals surface area (Å²) in [6.45, 7) is 7.09. The number of hydrogen-bond acceptors (Lipinski definition) is 4. The lowest BCUT2D eigenvalue weighted by Crippen LogP contribution is -2.30. The van der Waals surface area contributed by atoms with E-state index in [2.05, 4.69) is 32.9 Å². The molecule has 1 unspecified atom stereocenters. The minimum atomic E-state index is -0.113. The largest absolute Gasteiger partial charge is 0.380 e. The fraction of sp³-hybridized carbons (Fsp3) is 0.538. The Morgan fingerprint density at radius 2 is 2.32 bits per heavy atom. The van der Waals surface area contributed by atoms with Crippen molar-refractivity contribution in [3.05, 3.63) is 33.7 Å². The van der Waals surface area contributed by atoms with Crippen molar-refractivity contribution in [2.24, 2.45) is 0 Å². The van der Waals surface area contributed by atoms with Gasteiger partial charge in [-0.2, -0.15) is 5.10 Å². The van der Waals surface area contributed by atoms with Crippen LogP contribution in [0.5, 0.6) is 0 Å². The summed E-state index contributed by atoms with van der Waals surface area (Å²) in [5.41, 5.74) is 0.609. The van der Waals surface area contributed by atoms with Crippen LogP contribution in [0, 0.1) is 0 Å². The van der Waals surface area contributed by atoms with Gasteiger partial charge in [0.1, 0.15) is 4.47 Å². The van der Waals surface area contributed by atoms with Crippen LogP contribution in [-0.2, 0) is 6.54 Å². The second-order valence-electron chi connectivity index (χ2n) is 4.77. The van der Waals surface area contributed by atoms with Crippen LogP contribution in [0.4, 0.5) is 5.69 Å². The summed E-state index contributed by atoms with van der Waals surface area (Å²) in [6.07, 6.45) is 4.36. The first-order chi connectivity index (χ1) is 8.95. The monoisotopic (exact) mass is 328 g/mol. The number of rotatable bonds is 7. The fourth-order valence-electron chi connectivity index (χ4n) is 1.59. The number of nitrogens with one attached hydrogen (secondary N) is 1. The number of likely N-dealkylation sites (N-methyl/N-ethyl adjacent to an activating group) is 1. The molecule has 0 bridgehead atoms. The Labute approximate surface area is 122 Å². The van der Waals surface area contributed by atoms with Gasteiger partial charge in [-0.05, 0) is 43.4 Å². The zero-order chi connectivity index (χ0) is 14.4. The van der Waals surface area contributed by atoms with Crippen molar-refractivity contribution in [1.29, 1.82) is 0 Å². The van der Waals surface area contributed by atoms with Gasteiger partial charge < -0.3 is 10.2 Å². The summed E-state index contributed by atoms with van der Waals surface area (Å²) in [6, 6.07) is 0.215. The van der Waals surface area contributed by atoms with Crippen LogP contribution in [0.15, 0.2) is 28.1 Å². The molecule has 0 saturated heterocycles. The molecule has 0 spiro atoms. The van der Waals surface area contributed by atoms with Gasteiger partial charge in [-0.15, -0.1) is 6.58 Å². The molecule has 1 atom stereocenters. The van der Waals surface area contributed by atoms with Crippen LogP contribution >= 0.6 is 15.9 Å². The SMILES string of the molecule is C=CCC(C)Nc1cnn(CCN(C)C)c(=O)c1Br. The molecule has 1 heterocycles. The molecule has 19 heavy (non-hydrogen) atoms. The van der Waals surface area contributed by atoms with Crippen molar-refractivity contribution in [2.45, 2.75) is 25.9 Å². The van der Waals surface area contributed by atoms with Crippen LogP contribution < -0.4 is 10.9 Å². The molecule has 0 fully saturated rings. The van der Waals surface area contributed by atoms with Crippen molar-refractivity contribution in [1.82, 2.24) is 14.7 Å². The Bertz CT molecular complexity index is 484. The summed E-state index contributed by atoms with van der Waals surface area (Å²) in [5, 5.41) is 7.42. The minimum Gasteiger partial charge on any atom is -0.380 e. The van der Waals surface area contributed by atoms with E-state index >= 15 is 0 Å². The predicted molar refractivity (Wildman–Crippen MR) is 82.6 cm³/mol. The highest BCUT2D eigenvalue weighted by molar-refractivity contribution is 9.10. The summed E-state index contributed by atoms with van der Waals surface area (Å²) in [7, 11) is 3.93. The van der Waals surface area contributed by atoms with E-state index in [1.807, 2.05) is 32.0 Å². The van der Waals surface area contributed by atoms with Crippen LogP contribution in [0.2, 0.25) is 0 Å². The molecule has 1 N–H and O–H groups in total. The third kappa shape index (κ3) is 4.80. The molecule has 0 aliphatic heterocycles. The topological polar surface area (TPSA) is 50.2 Å². The first-order valence-electron chi connectivity index (χ1n) is 6.23. The zero-order valence-corrected chi connectivity index (χ0v) is 13.3. The molecule has 0 radical (unpaired) electrons. The van der Waals surface area contributed by atoms with Gasteiger partial charge >= 0.3 is 0 Å². The molecule has 0 aliphatic rings. The molecule has 0 aliphatic carbocycles. The van der Waals surface area contributed by atoms with Crippen LogP contribution in [-0.4, -0.2) is 41.4 Å². The van der Waals surface area contributed by atoms with Crippen molar-refractivity contribution in [3.8, 4) is 0 Å². The molecule has 1 aromatic heterocycles. The van der Waals surface area contributed by atoms with Gasteiger partial charge in [0, 0.05) is 12.6 Å². The maximum atomic E-state index is 12.1. The van der Waals surface area contributed by atoms with Gasteiger partial charge in [-0.3, -0.25) is 4.79 Å². The number of hydrogen-bond donors (Lipinski definition) is 1. The Hall–Kier alpha value is -1.14. The highest BCUT2D eigenvalue weighted by Crippen LogP contribution is 2.17. The first-order valence-corrected chi connectivity index (χ1v) is 7.02. The molecule has 0 saturated carbocycles. The summed E-state index contributed by atoms with van der Waals surface area (Å²) < 4.78 is 1.99. The van der Waals surface area contributed by atoms with E-state index in [1.165, 1.54) is 4.68 Å². The lowest BCUT2D eigenvalue weighted by Gasteiger charge is -2.15. The summed E-state index contributed by atoms with van der Waals surface area (Å²) in [4.78, 5) is 14.1. The molecule has 0 aromatic carbocycles. The third-order valence-corrected chi connectivity index (χ3v) is 3.43. The van der Waals surface area contributed by atoms with Crippen LogP contribution in [0.3, 0.4) is 0 Å². The van der Waals surface area contributed by atoms with Gasteiger partial charge in [-0.1, -0.05) is 6.08 Å². The Kier molecular flexibility index (Phi) is 6.24. The van der Waals surface area contributed by atoms with Crippen molar-refractivity contribution in [2.75, 3.05) is 26.0 Å². The third-order valence-electron chi connectivity index (χ3n) is 2.67. The first kappa shape index (κ1) is 15.9. The maximum absolute atomic E-state index is 12.1. The number of halogens is 1. The number of anilines is 1.